The van der Waals surface area contributed by atoms with E-state index in [-0.39, 0.29) is 23.1 Å². The number of aromatic carboxylic acids is 1. The topological polar surface area (TPSA) is 121 Å². The highest BCUT2D eigenvalue weighted by Gasteiger charge is 2.27. The molecule has 1 fully saturated rings. The van der Waals surface area contributed by atoms with Crippen LogP contribution in [-0.2, 0) is 4.79 Å². The minimum atomic E-state index is -1.20. The van der Waals surface area contributed by atoms with E-state index >= 15 is 0 Å². The average molecular weight is 305 g/mol. The SMILES string of the molecule is NC(=Cc1ccc(O)c(C(=O)O)c1)C1CCC(C(=O)O)CC1. The molecule has 0 saturated heterocycles. The van der Waals surface area contributed by atoms with Gasteiger partial charge in [-0.05, 0) is 55.4 Å². The Kier molecular flexibility index (Phi) is 4.70. The fourth-order valence-electron chi connectivity index (χ4n) is 2.80. The molecular formula is C16H19NO5. The van der Waals surface area contributed by atoms with E-state index in [4.69, 9.17) is 15.9 Å². The first kappa shape index (κ1) is 15.9. The average Bonchev–Trinajstić information content (AvgIpc) is 2.49. The van der Waals surface area contributed by atoms with Crippen molar-refractivity contribution in [1.82, 2.24) is 0 Å². The molecule has 1 aliphatic carbocycles. The maximum absolute atomic E-state index is 11.0. The van der Waals surface area contributed by atoms with E-state index in [2.05, 4.69) is 0 Å². The zero-order valence-electron chi connectivity index (χ0n) is 12.0. The van der Waals surface area contributed by atoms with Crippen molar-refractivity contribution in [2.45, 2.75) is 25.7 Å². The Hall–Kier alpha value is -2.50. The Balaban J connectivity index is 2.11. The van der Waals surface area contributed by atoms with Gasteiger partial charge in [0.15, 0.2) is 0 Å². The van der Waals surface area contributed by atoms with Crippen molar-refractivity contribution in [2.75, 3.05) is 0 Å². The molecule has 1 aromatic rings. The summed E-state index contributed by atoms with van der Waals surface area (Å²) in [4.78, 5) is 21.9. The van der Waals surface area contributed by atoms with E-state index in [1.807, 2.05) is 0 Å². The predicted octanol–water partition coefficient (Wildman–Crippen LogP) is 2.28. The first-order chi connectivity index (χ1) is 10.4. The molecule has 0 radical (unpaired) electrons. The first-order valence-corrected chi connectivity index (χ1v) is 7.14. The van der Waals surface area contributed by atoms with Gasteiger partial charge in [0.25, 0.3) is 0 Å². The van der Waals surface area contributed by atoms with Crippen LogP contribution in [-0.4, -0.2) is 27.3 Å². The summed E-state index contributed by atoms with van der Waals surface area (Å²) in [6.45, 7) is 0. The van der Waals surface area contributed by atoms with Crippen LogP contribution in [0.4, 0.5) is 0 Å². The quantitative estimate of drug-likeness (QED) is 0.677. The molecule has 1 aromatic carbocycles. The summed E-state index contributed by atoms with van der Waals surface area (Å²) in [7, 11) is 0. The Labute approximate surface area is 127 Å². The molecule has 0 aliphatic heterocycles. The molecule has 1 saturated carbocycles. The molecule has 0 spiro atoms. The fraction of sp³-hybridized carbons (Fsp3) is 0.375. The van der Waals surface area contributed by atoms with Crippen LogP contribution in [0, 0.1) is 11.8 Å². The zero-order chi connectivity index (χ0) is 16.3. The highest BCUT2D eigenvalue weighted by molar-refractivity contribution is 5.91. The lowest BCUT2D eigenvalue weighted by Crippen LogP contribution is -2.24. The van der Waals surface area contributed by atoms with E-state index in [1.165, 1.54) is 12.1 Å². The molecule has 0 atom stereocenters. The van der Waals surface area contributed by atoms with Gasteiger partial charge < -0.3 is 21.1 Å². The third-order valence-corrected chi connectivity index (χ3v) is 4.13. The zero-order valence-corrected chi connectivity index (χ0v) is 12.0. The number of hydrogen-bond acceptors (Lipinski definition) is 4. The number of allylic oxidation sites excluding steroid dienone is 1. The number of carboxylic acid groups (broad SMARTS) is 2. The van der Waals surface area contributed by atoms with Crippen molar-refractivity contribution in [3.05, 3.63) is 35.0 Å². The van der Waals surface area contributed by atoms with Crippen LogP contribution in [0.1, 0.15) is 41.6 Å². The third kappa shape index (κ3) is 3.58. The lowest BCUT2D eigenvalue weighted by atomic mass is 9.80. The molecule has 2 rings (SSSR count). The summed E-state index contributed by atoms with van der Waals surface area (Å²) in [5.41, 5.74) is 7.12. The Morgan fingerprint density at radius 3 is 2.23 bits per heavy atom. The van der Waals surface area contributed by atoms with Crippen LogP contribution in [0.5, 0.6) is 5.75 Å². The molecule has 5 N–H and O–H groups in total. The second-order valence-corrected chi connectivity index (χ2v) is 5.61. The van der Waals surface area contributed by atoms with Gasteiger partial charge in [0, 0.05) is 5.70 Å². The number of carbonyl (C=O) groups is 2. The standard InChI is InChI=1S/C16H19NO5/c17-13(10-2-4-11(5-3-10)15(19)20)8-9-1-6-14(18)12(7-9)16(21)22/h1,6-8,10-11,18H,2-5,17H2,(H,19,20)(H,21,22). The van der Waals surface area contributed by atoms with E-state index < -0.39 is 11.9 Å². The number of aromatic hydroxyl groups is 1. The van der Waals surface area contributed by atoms with Crippen molar-refractivity contribution in [3.63, 3.8) is 0 Å². The van der Waals surface area contributed by atoms with E-state index in [0.29, 0.717) is 36.9 Å². The smallest absolute Gasteiger partial charge is 0.339 e. The number of aliphatic carboxylic acids is 1. The van der Waals surface area contributed by atoms with Gasteiger partial charge in [0.05, 0.1) is 5.92 Å². The van der Waals surface area contributed by atoms with Crippen molar-refractivity contribution in [2.24, 2.45) is 17.6 Å². The highest BCUT2D eigenvalue weighted by Crippen LogP contribution is 2.32. The maximum atomic E-state index is 11.0. The monoisotopic (exact) mass is 305 g/mol. The maximum Gasteiger partial charge on any atom is 0.339 e. The molecule has 6 heteroatoms. The summed E-state index contributed by atoms with van der Waals surface area (Å²) in [6.07, 6.45) is 4.32. The second kappa shape index (κ2) is 6.51. The van der Waals surface area contributed by atoms with Gasteiger partial charge >= 0.3 is 11.9 Å². The van der Waals surface area contributed by atoms with Gasteiger partial charge in [-0.15, -0.1) is 0 Å². The Morgan fingerprint density at radius 2 is 1.68 bits per heavy atom. The van der Waals surface area contributed by atoms with E-state index in [1.54, 1.807) is 12.1 Å². The van der Waals surface area contributed by atoms with Gasteiger partial charge in [0.1, 0.15) is 11.3 Å². The lowest BCUT2D eigenvalue weighted by Gasteiger charge is -2.26. The van der Waals surface area contributed by atoms with Crippen molar-refractivity contribution in [1.29, 1.82) is 0 Å². The number of phenols is 1. The lowest BCUT2D eigenvalue weighted by molar-refractivity contribution is -0.143. The minimum Gasteiger partial charge on any atom is -0.507 e. The molecule has 0 unspecified atom stereocenters. The second-order valence-electron chi connectivity index (χ2n) is 5.61. The summed E-state index contributed by atoms with van der Waals surface area (Å²) >= 11 is 0. The van der Waals surface area contributed by atoms with Crippen molar-refractivity contribution in [3.8, 4) is 5.75 Å². The predicted molar refractivity (Wildman–Crippen MR) is 80.3 cm³/mol. The Morgan fingerprint density at radius 1 is 1.09 bits per heavy atom. The number of rotatable bonds is 4. The summed E-state index contributed by atoms with van der Waals surface area (Å²) in [5.74, 6) is -2.43. The molecule has 0 aromatic heterocycles. The molecule has 118 valence electrons. The molecule has 22 heavy (non-hydrogen) atoms. The van der Waals surface area contributed by atoms with Gasteiger partial charge in [-0.2, -0.15) is 0 Å². The molecule has 1 aliphatic rings. The number of hydrogen-bond donors (Lipinski definition) is 4. The normalized spacial score (nSPS) is 22.3. The number of carboxylic acids is 2. The molecule has 6 nitrogen and oxygen atoms in total. The van der Waals surface area contributed by atoms with E-state index in [0.717, 1.165) is 0 Å². The summed E-state index contributed by atoms with van der Waals surface area (Å²) in [5, 5.41) is 27.4. The van der Waals surface area contributed by atoms with Crippen molar-refractivity contribution >= 4 is 18.0 Å². The third-order valence-electron chi connectivity index (χ3n) is 4.13. The summed E-state index contributed by atoms with van der Waals surface area (Å²) < 4.78 is 0. The summed E-state index contributed by atoms with van der Waals surface area (Å²) in [6, 6.07) is 4.29. The number of benzene rings is 1. The Bertz CT molecular complexity index is 615. The largest absolute Gasteiger partial charge is 0.507 e. The van der Waals surface area contributed by atoms with Crippen LogP contribution in [0.25, 0.3) is 6.08 Å². The van der Waals surface area contributed by atoms with Crippen LogP contribution in [0.15, 0.2) is 23.9 Å². The molecule has 0 amide bonds. The van der Waals surface area contributed by atoms with Crippen LogP contribution >= 0.6 is 0 Å². The van der Waals surface area contributed by atoms with Gasteiger partial charge in [-0.25, -0.2) is 4.79 Å². The number of nitrogens with two attached hydrogens (primary N) is 1. The highest BCUT2D eigenvalue weighted by atomic mass is 16.4. The van der Waals surface area contributed by atoms with Gasteiger partial charge in [-0.1, -0.05) is 6.07 Å². The van der Waals surface area contributed by atoms with Gasteiger partial charge in [0.2, 0.25) is 0 Å². The van der Waals surface area contributed by atoms with Crippen LogP contribution in [0.3, 0.4) is 0 Å². The van der Waals surface area contributed by atoms with Crippen molar-refractivity contribution < 1.29 is 24.9 Å². The van der Waals surface area contributed by atoms with Crippen LogP contribution in [0.2, 0.25) is 0 Å². The minimum absolute atomic E-state index is 0.109. The van der Waals surface area contributed by atoms with Gasteiger partial charge in [-0.3, -0.25) is 4.79 Å². The first-order valence-electron chi connectivity index (χ1n) is 7.14. The van der Waals surface area contributed by atoms with E-state index in [9.17, 15) is 14.7 Å². The fourth-order valence-corrected chi connectivity index (χ4v) is 2.80. The molecule has 0 bridgehead atoms. The molecule has 0 heterocycles. The molecular weight excluding hydrogens is 286 g/mol. The van der Waals surface area contributed by atoms with Crippen LogP contribution < -0.4 is 5.73 Å².